The van der Waals surface area contributed by atoms with E-state index in [1.807, 2.05) is 40.1 Å². The van der Waals surface area contributed by atoms with E-state index in [2.05, 4.69) is 35.9 Å². The smallest absolute Gasteiger partial charge is 0.0885 e. The lowest BCUT2D eigenvalue weighted by atomic mass is 10.1. The first-order valence-corrected chi connectivity index (χ1v) is 7.07. The molecule has 0 saturated carbocycles. The number of aryl methyl sites for hydroxylation is 2. The van der Waals surface area contributed by atoms with E-state index in [1.165, 1.54) is 10.9 Å². The largest absolute Gasteiger partial charge is 0.259 e. The van der Waals surface area contributed by atoms with Crippen LogP contribution in [0.5, 0.6) is 0 Å². The Hall–Kier alpha value is -1.44. The van der Waals surface area contributed by atoms with Gasteiger partial charge in [-0.25, -0.2) is 0 Å². The summed E-state index contributed by atoms with van der Waals surface area (Å²) in [6.07, 6.45) is 5.79. The summed E-state index contributed by atoms with van der Waals surface area (Å²) in [5, 5.41) is 1.20. The van der Waals surface area contributed by atoms with E-state index < -0.39 is 0 Å². The molecular weight excluding hydrogens is 220 g/mol. The molecule has 2 heterocycles. The van der Waals surface area contributed by atoms with Gasteiger partial charge in [-0.2, -0.15) is 0 Å². The summed E-state index contributed by atoms with van der Waals surface area (Å²) in [4.78, 5) is 8.68. The van der Waals surface area contributed by atoms with Crippen LogP contribution >= 0.6 is 0 Å². The molecule has 0 N–H and O–H groups in total. The van der Waals surface area contributed by atoms with E-state index in [0.717, 1.165) is 24.1 Å². The van der Waals surface area contributed by atoms with Gasteiger partial charge in [0.2, 0.25) is 0 Å². The van der Waals surface area contributed by atoms with E-state index in [9.17, 15) is 0 Å². The predicted molar refractivity (Wildman–Crippen MR) is 81.0 cm³/mol. The Balaban J connectivity index is 0.000000659. The molecule has 2 nitrogen and oxygen atoms in total. The average molecular weight is 246 g/mol. The lowest BCUT2D eigenvalue weighted by molar-refractivity contribution is 1.04. The van der Waals surface area contributed by atoms with Gasteiger partial charge in [-0.3, -0.25) is 9.97 Å². The quantitative estimate of drug-likeness (QED) is 0.760. The lowest BCUT2D eigenvalue weighted by Gasteiger charge is -2.01. The summed E-state index contributed by atoms with van der Waals surface area (Å²) in [5.74, 6) is 0. The molecule has 2 aromatic rings. The Kier molecular flexibility index (Phi) is 8.81. The lowest BCUT2D eigenvalue weighted by Crippen LogP contribution is -1.90. The zero-order valence-electron chi connectivity index (χ0n) is 12.6. The first-order chi connectivity index (χ1) is 8.83. The van der Waals surface area contributed by atoms with Crippen LogP contribution < -0.4 is 0 Å². The highest BCUT2D eigenvalue weighted by molar-refractivity contribution is 5.78. The average Bonchev–Trinajstić information content (AvgIpc) is 2.50. The molecule has 0 aliphatic rings. The van der Waals surface area contributed by atoms with Gasteiger partial charge in [0.05, 0.1) is 11.7 Å². The molecule has 2 heteroatoms. The summed E-state index contributed by atoms with van der Waals surface area (Å²) >= 11 is 0. The Labute approximate surface area is 111 Å². The van der Waals surface area contributed by atoms with Crippen molar-refractivity contribution in [3.63, 3.8) is 0 Å². The van der Waals surface area contributed by atoms with Crippen molar-refractivity contribution in [3.8, 4) is 0 Å². The second-order valence-corrected chi connectivity index (χ2v) is 3.42. The first kappa shape index (κ1) is 16.6. The zero-order valence-corrected chi connectivity index (χ0v) is 12.6. The summed E-state index contributed by atoms with van der Waals surface area (Å²) in [6.45, 7) is 12.3. The Morgan fingerprint density at radius 2 is 1.50 bits per heavy atom. The van der Waals surface area contributed by atoms with Crippen LogP contribution in [-0.2, 0) is 12.8 Å². The third-order valence-corrected chi connectivity index (χ3v) is 2.45. The van der Waals surface area contributed by atoms with Crippen LogP contribution in [0.25, 0.3) is 10.9 Å². The molecule has 0 aliphatic carbocycles. The first-order valence-electron chi connectivity index (χ1n) is 7.07. The highest BCUT2D eigenvalue weighted by Gasteiger charge is 1.98. The van der Waals surface area contributed by atoms with Gasteiger partial charge in [-0.05, 0) is 30.5 Å². The Bertz CT molecular complexity index is 411. The summed E-state index contributed by atoms with van der Waals surface area (Å²) in [6, 6.07) is 4.32. The van der Waals surface area contributed by atoms with Crippen molar-refractivity contribution in [2.45, 2.75) is 54.4 Å². The summed E-state index contributed by atoms with van der Waals surface area (Å²) in [5.41, 5.74) is 3.40. The maximum absolute atomic E-state index is 4.36. The Morgan fingerprint density at radius 3 is 2.06 bits per heavy atom. The van der Waals surface area contributed by atoms with Crippen LogP contribution in [-0.4, -0.2) is 9.97 Å². The number of aromatic nitrogens is 2. The fourth-order valence-corrected chi connectivity index (χ4v) is 1.51. The zero-order chi connectivity index (χ0) is 14.0. The van der Waals surface area contributed by atoms with Crippen molar-refractivity contribution in [1.82, 2.24) is 9.97 Å². The van der Waals surface area contributed by atoms with Crippen LogP contribution in [0.3, 0.4) is 0 Å². The molecule has 18 heavy (non-hydrogen) atoms. The number of fused-ring (bicyclic) bond motifs is 1. The maximum atomic E-state index is 4.36. The second-order valence-electron chi connectivity index (χ2n) is 3.42. The number of pyridine rings is 2. The molecule has 0 radical (unpaired) electrons. The van der Waals surface area contributed by atoms with Crippen molar-refractivity contribution in [1.29, 1.82) is 0 Å². The molecule has 0 unspecified atom stereocenters. The SMILES string of the molecule is CC.CC.CCc1cnc2cnc(CC)cc2c1. The minimum atomic E-state index is 0.978. The number of hydrogen-bond donors (Lipinski definition) is 0. The standard InChI is InChI=1S/C12H14N2.2C2H6/c1-3-9-5-10-6-11(4-2)13-8-12(10)14-7-9;2*1-2/h5-8H,3-4H2,1-2H3;2*1-2H3. The van der Waals surface area contributed by atoms with Crippen LogP contribution in [0.15, 0.2) is 24.5 Å². The molecule has 0 aromatic carbocycles. The molecule has 0 atom stereocenters. The fraction of sp³-hybridized carbons (Fsp3) is 0.500. The van der Waals surface area contributed by atoms with E-state index in [4.69, 9.17) is 0 Å². The number of nitrogens with zero attached hydrogens (tertiary/aromatic N) is 2. The molecule has 2 aromatic heterocycles. The molecular formula is C16H26N2. The van der Waals surface area contributed by atoms with Crippen LogP contribution in [0.2, 0.25) is 0 Å². The van der Waals surface area contributed by atoms with Gasteiger partial charge in [-0.1, -0.05) is 41.5 Å². The van der Waals surface area contributed by atoms with Crippen molar-refractivity contribution in [3.05, 3.63) is 35.8 Å². The maximum Gasteiger partial charge on any atom is 0.0885 e. The van der Waals surface area contributed by atoms with Gasteiger partial charge in [0.15, 0.2) is 0 Å². The minimum absolute atomic E-state index is 0.978. The molecule has 0 amide bonds. The molecule has 100 valence electrons. The van der Waals surface area contributed by atoms with Crippen LogP contribution in [0, 0.1) is 0 Å². The molecule has 0 spiro atoms. The van der Waals surface area contributed by atoms with Gasteiger partial charge in [0.25, 0.3) is 0 Å². The van der Waals surface area contributed by atoms with Gasteiger partial charge in [0, 0.05) is 17.3 Å². The highest BCUT2D eigenvalue weighted by Crippen LogP contribution is 2.14. The second kappa shape index (κ2) is 9.58. The predicted octanol–water partition coefficient (Wildman–Crippen LogP) is 4.81. The van der Waals surface area contributed by atoms with Crippen molar-refractivity contribution in [2.24, 2.45) is 0 Å². The molecule has 2 rings (SSSR count). The molecule has 0 bridgehead atoms. The normalized spacial score (nSPS) is 9.00. The van der Waals surface area contributed by atoms with Gasteiger partial charge >= 0.3 is 0 Å². The minimum Gasteiger partial charge on any atom is -0.259 e. The molecule has 0 saturated heterocycles. The Morgan fingerprint density at radius 1 is 0.833 bits per heavy atom. The fourth-order valence-electron chi connectivity index (χ4n) is 1.51. The highest BCUT2D eigenvalue weighted by atomic mass is 14.7. The van der Waals surface area contributed by atoms with Gasteiger partial charge in [-0.15, -0.1) is 0 Å². The van der Waals surface area contributed by atoms with E-state index >= 15 is 0 Å². The third kappa shape index (κ3) is 4.44. The van der Waals surface area contributed by atoms with Gasteiger partial charge in [0.1, 0.15) is 0 Å². The van der Waals surface area contributed by atoms with Crippen LogP contribution in [0.1, 0.15) is 52.8 Å². The molecule has 0 fully saturated rings. The van der Waals surface area contributed by atoms with E-state index in [0.29, 0.717) is 0 Å². The number of rotatable bonds is 2. The topological polar surface area (TPSA) is 25.8 Å². The summed E-state index contributed by atoms with van der Waals surface area (Å²) < 4.78 is 0. The van der Waals surface area contributed by atoms with Gasteiger partial charge < -0.3 is 0 Å². The van der Waals surface area contributed by atoms with Crippen molar-refractivity contribution in [2.75, 3.05) is 0 Å². The monoisotopic (exact) mass is 246 g/mol. The van der Waals surface area contributed by atoms with E-state index in [-0.39, 0.29) is 0 Å². The summed E-state index contributed by atoms with van der Waals surface area (Å²) in [7, 11) is 0. The van der Waals surface area contributed by atoms with Crippen LogP contribution in [0.4, 0.5) is 0 Å². The third-order valence-electron chi connectivity index (χ3n) is 2.45. The van der Waals surface area contributed by atoms with Crippen molar-refractivity contribution >= 4 is 10.9 Å². The molecule has 0 aliphatic heterocycles. The van der Waals surface area contributed by atoms with Crippen molar-refractivity contribution < 1.29 is 0 Å². The number of hydrogen-bond acceptors (Lipinski definition) is 2. The van der Waals surface area contributed by atoms with E-state index in [1.54, 1.807) is 0 Å².